The van der Waals surface area contributed by atoms with E-state index < -0.39 is 0 Å². The smallest absolute Gasteiger partial charge is 0.187 e. The molecule has 0 aliphatic carbocycles. The molecular weight excluding hydrogens is 326 g/mol. The standard InChI is InChI=1S/C17H25N3O3S/c1-4-14(12-7-8-15(21-2)16(10-12)22-3)19-20-17(24)18-11-13-6-5-9-23-13/h7-8,10,13H,4-6,9,11H2,1-3H3,(H2,18,20,24)/b19-14-/t13-/m1/s1. The number of hydrogen-bond acceptors (Lipinski definition) is 5. The van der Waals surface area contributed by atoms with E-state index in [4.69, 9.17) is 26.4 Å². The van der Waals surface area contributed by atoms with Crippen LogP contribution in [0.25, 0.3) is 0 Å². The fourth-order valence-electron chi connectivity index (χ4n) is 2.53. The summed E-state index contributed by atoms with van der Waals surface area (Å²) in [6, 6.07) is 5.73. The lowest BCUT2D eigenvalue weighted by atomic mass is 10.1. The fourth-order valence-corrected chi connectivity index (χ4v) is 2.66. The van der Waals surface area contributed by atoms with Crippen LogP contribution in [0.2, 0.25) is 0 Å². The second-order valence-corrected chi connectivity index (χ2v) is 5.85. The molecule has 1 aliphatic heterocycles. The predicted molar refractivity (Wildman–Crippen MR) is 99.1 cm³/mol. The number of rotatable bonds is 7. The molecule has 7 heteroatoms. The molecule has 1 saturated heterocycles. The Kier molecular flexibility index (Phi) is 7.27. The molecule has 1 aliphatic rings. The van der Waals surface area contributed by atoms with E-state index in [2.05, 4.69) is 15.8 Å². The minimum absolute atomic E-state index is 0.241. The summed E-state index contributed by atoms with van der Waals surface area (Å²) < 4.78 is 16.2. The van der Waals surface area contributed by atoms with E-state index >= 15 is 0 Å². The van der Waals surface area contributed by atoms with Crippen molar-refractivity contribution in [2.24, 2.45) is 5.10 Å². The number of nitrogens with one attached hydrogen (secondary N) is 2. The van der Waals surface area contributed by atoms with E-state index in [1.165, 1.54) is 0 Å². The number of hydrazone groups is 1. The van der Waals surface area contributed by atoms with Gasteiger partial charge in [0.25, 0.3) is 0 Å². The van der Waals surface area contributed by atoms with Crippen molar-refractivity contribution >= 4 is 23.0 Å². The minimum atomic E-state index is 0.241. The first kappa shape index (κ1) is 18.5. The molecule has 1 aromatic carbocycles. The van der Waals surface area contributed by atoms with Gasteiger partial charge in [0, 0.05) is 18.7 Å². The van der Waals surface area contributed by atoms with Crippen LogP contribution in [0.15, 0.2) is 23.3 Å². The molecule has 0 radical (unpaired) electrons. The maximum Gasteiger partial charge on any atom is 0.187 e. The quantitative estimate of drug-likeness (QED) is 0.447. The van der Waals surface area contributed by atoms with Crippen LogP contribution >= 0.6 is 12.2 Å². The normalized spacial score (nSPS) is 17.5. The van der Waals surface area contributed by atoms with Gasteiger partial charge >= 0.3 is 0 Å². The highest BCUT2D eigenvalue weighted by atomic mass is 32.1. The zero-order chi connectivity index (χ0) is 17.4. The van der Waals surface area contributed by atoms with Crippen LogP contribution in [0.5, 0.6) is 11.5 Å². The lowest BCUT2D eigenvalue weighted by Crippen LogP contribution is -2.37. The van der Waals surface area contributed by atoms with Gasteiger partial charge in [-0.3, -0.25) is 5.43 Å². The van der Waals surface area contributed by atoms with Crippen LogP contribution in [0.4, 0.5) is 0 Å². The van der Waals surface area contributed by atoms with Gasteiger partial charge in [-0.1, -0.05) is 6.92 Å². The third-order valence-corrected chi connectivity index (χ3v) is 4.09. The molecular formula is C17H25N3O3S. The lowest BCUT2D eigenvalue weighted by Gasteiger charge is -2.13. The van der Waals surface area contributed by atoms with Crippen molar-refractivity contribution in [3.05, 3.63) is 23.8 Å². The summed E-state index contributed by atoms with van der Waals surface area (Å²) in [4.78, 5) is 0. The highest BCUT2D eigenvalue weighted by Crippen LogP contribution is 2.28. The van der Waals surface area contributed by atoms with Crippen molar-refractivity contribution < 1.29 is 14.2 Å². The van der Waals surface area contributed by atoms with E-state index in [0.717, 1.165) is 37.1 Å². The first-order valence-electron chi connectivity index (χ1n) is 8.12. The molecule has 0 saturated carbocycles. The topological polar surface area (TPSA) is 64.1 Å². The van der Waals surface area contributed by atoms with Crippen LogP contribution in [-0.2, 0) is 4.74 Å². The van der Waals surface area contributed by atoms with Gasteiger partial charge in [0.15, 0.2) is 16.6 Å². The maximum absolute atomic E-state index is 5.56. The summed E-state index contributed by atoms with van der Waals surface area (Å²) >= 11 is 5.26. The van der Waals surface area contributed by atoms with Gasteiger partial charge in [-0.25, -0.2) is 0 Å². The second-order valence-electron chi connectivity index (χ2n) is 5.44. The zero-order valence-electron chi connectivity index (χ0n) is 14.4. The molecule has 2 rings (SSSR count). The maximum atomic E-state index is 5.56. The van der Waals surface area contributed by atoms with Gasteiger partial charge in [-0.2, -0.15) is 5.10 Å². The van der Waals surface area contributed by atoms with E-state index in [1.807, 2.05) is 25.1 Å². The average Bonchev–Trinajstić information content (AvgIpc) is 3.13. The first-order valence-corrected chi connectivity index (χ1v) is 8.53. The molecule has 24 heavy (non-hydrogen) atoms. The van der Waals surface area contributed by atoms with Gasteiger partial charge in [-0.15, -0.1) is 0 Å². The number of ether oxygens (including phenoxy) is 3. The van der Waals surface area contributed by atoms with E-state index in [-0.39, 0.29) is 6.10 Å². The Labute approximate surface area is 148 Å². The molecule has 2 N–H and O–H groups in total. The SMILES string of the molecule is CC/C(=N/NC(=S)NC[C@H]1CCCO1)c1ccc(OC)c(OC)c1. The zero-order valence-corrected chi connectivity index (χ0v) is 15.2. The van der Waals surface area contributed by atoms with Gasteiger partial charge in [0.2, 0.25) is 0 Å². The fraction of sp³-hybridized carbons (Fsp3) is 0.529. The molecule has 0 unspecified atom stereocenters. The van der Waals surface area contributed by atoms with Crippen molar-refractivity contribution in [1.29, 1.82) is 0 Å². The number of methoxy groups -OCH3 is 2. The summed E-state index contributed by atoms with van der Waals surface area (Å²) in [5, 5.41) is 8.05. The number of benzene rings is 1. The van der Waals surface area contributed by atoms with Crippen LogP contribution in [-0.4, -0.2) is 44.3 Å². The minimum Gasteiger partial charge on any atom is -0.493 e. The second kappa shape index (κ2) is 9.44. The average molecular weight is 351 g/mol. The third kappa shape index (κ3) is 5.07. The summed E-state index contributed by atoms with van der Waals surface area (Å²) in [5.74, 6) is 1.37. The van der Waals surface area contributed by atoms with Crippen molar-refractivity contribution in [1.82, 2.24) is 10.7 Å². The summed E-state index contributed by atoms with van der Waals surface area (Å²) in [6.45, 7) is 3.59. The monoisotopic (exact) mass is 351 g/mol. The molecule has 1 fully saturated rings. The van der Waals surface area contributed by atoms with E-state index in [1.54, 1.807) is 14.2 Å². The van der Waals surface area contributed by atoms with E-state index in [0.29, 0.717) is 23.2 Å². The molecule has 1 atom stereocenters. The van der Waals surface area contributed by atoms with Crippen LogP contribution in [0, 0.1) is 0 Å². The van der Waals surface area contributed by atoms with Crippen LogP contribution in [0.1, 0.15) is 31.7 Å². The highest BCUT2D eigenvalue weighted by Gasteiger charge is 2.15. The summed E-state index contributed by atoms with van der Waals surface area (Å²) in [5.41, 5.74) is 4.75. The van der Waals surface area contributed by atoms with Crippen LogP contribution in [0.3, 0.4) is 0 Å². The van der Waals surface area contributed by atoms with Gasteiger partial charge in [0.05, 0.1) is 26.0 Å². The number of thiocarbonyl (C=S) groups is 1. The molecule has 1 aromatic rings. The molecule has 0 spiro atoms. The Morgan fingerprint density at radius 3 is 2.75 bits per heavy atom. The summed E-state index contributed by atoms with van der Waals surface area (Å²) in [6.07, 6.45) is 3.19. The molecule has 0 amide bonds. The Bertz CT molecular complexity index is 586. The Hall–Kier alpha value is -1.86. The van der Waals surface area contributed by atoms with Crippen LogP contribution < -0.4 is 20.2 Å². The Morgan fingerprint density at radius 2 is 2.12 bits per heavy atom. The van der Waals surface area contributed by atoms with Gasteiger partial charge < -0.3 is 19.5 Å². The number of nitrogens with zero attached hydrogens (tertiary/aromatic N) is 1. The Balaban J connectivity index is 1.96. The third-order valence-electron chi connectivity index (χ3n) is 3.86. The molecule has 0 bridgehead atoms. The molecule has 1 heterocycles. The molecule has 0 aromatic heterocycles. The van der Waals surface area contributed by atoms with Crippen molar-refractivity contribution in [2.75, 3.05) is 27.4 Å². The Morgan fingerprint density at radius 1 is 1.33 bits per heavy atom. The number of hydrogen-bond donors (Lipinski definition) is 2. The largest absolute Gasteiger partial charge is 0.493 e. The highest BCUT2D eigenvalue weighted by molar-refractivity contribution is 7.80. The van der Waals surface area contributed by atoms with E-state index in [9.17, 15) is 0 Å². The van der Waals surface area contributed by atoms with Crippen molar-refractivity contribution in [3.63, 3.8) is 0 Å². The predicted octanol–water partition coefficient (Wildman–Crippen LogP) is 2.46. The molecule has 6 nitrogen and oxygen atoms in total. The van der Waals surface area contributed by atoms with Crippen molar-refractivity contribution in [2.45, 2.75) is 32.3 Å². The molecule has 132 valence electrons. The van der Waals surface area contributed by atoms with Gasteiger partial charge in [0.1, 0.15) is 0 Å². The summed E-state index contributed by atoms with van der Waals surface area (Å²) in [7, 11) is 3.23. The van der Waals surface area contributed by atoms with Crippen molar-refractivity contribution in [3.8, 4) is 11.5 Å². The van der Waals surface area contributed by atoms with Gasteiger partial charge in [-0.05, 0) is 49.7 Å². The first-order chi connectivity index (χ1) is 11.7. The lowest BCUT2D eigenvalue weighted by molar-refractivity contribution is 0.114.